The summed E-state index contributed by atoms with van der Waals surface area (Å²) >= 11 is 1.42. The van der Waals surface area contributed by atoms with Crippen LogP contribution in [0.3, 0.4) is 0 Å². The summed E-state index contributed by atoms with van der Waals surface area (Å²) in [6.45, 7) is 2.03. The monoisotopic (exact) mass is 299 g/mol. The average molecular weight is 299 g/mol. The topological polar surface area (TPSA) is 90.7 Å². The van der Waals surface area contributed by atoms with Crippen LogP contribution in [0.5, 0.6) is 0 Å². The third-order valence-electron chi connectivity index (χ3n) is 2.79. The summed E-state index contributed by atoms with van der Waals surface area (Å²) in [5.41, 5.74) is 7.83. The van der Waals surface area contributed by atoms with Gasteiger partial charge < -0.3 is 10.2 Å². The molecule has 0 aliphatic carbocycles. The van der Waals surface area contributed by atoms with Crippen LogP contribution in [0, 0.1) is 6.92 Å². The molecule has 0 saturated heterocycles. The Morgan fingerprint density at radius 2 is 1.86 bits per heavy atom. The lowest BCUT2D eigenvalue weighted by Crippen LogP contribution is -1.94. The maximum absolute atomic E-state index is 5.73. The van der Waals surface area contributed by atoms with E-state index in [4.69, 9.17) is 10.2 Å². The number of aryl methyl sites for hydroxylation is 1. The molecule has 2 N–H and O–H groups in total. The lowest BCUT2D eigenvalue weighted by molar-refractivity contribution is 0.528. The summed E-state index contributed by atoms with van der Waals surface area (Å²) in [5.74, 6) is 1.95. The van der Waals surface area contributed by atoms with Gasteiger partial charge in [0, 0.05) is 18.0 Å². The molecule has 3 rings (SSSR count). The lowest BCUT2D eigenvalue weighted by atomic mass is 10.1. The van der Waals surface area contributed by atoms with Crippen molar-refractivity contribution in [1.82, 2.24) is 20.2 Å². The molecule has 1 aromatic carbocycles. The summed E-state index contributed by atoms with van der Waals surface area (Å²) in [6.07, 6.45) is 3.16. The van der Waals surface area contributed by atoms with Crippen LogP contribution < -0.4 is 5.73 Å². The molecule has 0 unspecified atom stereocenters. The highest BCUT2D eigenvalue weighted by Gasteiger charge is 2.10. The van der Waals surface area contributed by atoms with Gasteiger partial charge >= 0.3 is 0 Å². The SMILES string of the molecule is Cc1ccc(-c2nnc(CSc3nccnc3N)o2)cc1. The molecule has 0 spiro atoms. The number of hydrogen-bond donors (Lipinski definition) is 1. The molecule has 106 valence electrons. The van der Waals surface area contributed by atoms with Gasteiger partial charge in [-0.15, -0.1) is 10.2 Å². The summed E-state index contributed by atoms with van der Waals surface area (Å²) in [6, 6.07) is 7.93. The van der Waals surface area contributed by atoms with Gasteiger partial charge in [-0.05, 0) is 19.1 Å². The van der Waals surface area contributed by atoms with Crippen molar-refractivity contribution in [3.8, 4) is 11.5 Å². The summed E-state index contributed by atoms with van der Waals surface area (Å²) in [5, 5.41) is 8.75. The number of rotatable bonds is 4. The Hall–Kier alpha value is -2.41. The molecule has 0 aliphatic heterocycles. The van der Waals surface area contributed by atoms with Crippen molar-refractivity contribution >= 4 is 17.6 Å². The molecule has 0 aliphatic rings. The van der Waals surface area contributed by atoms with Gasteiger partial charge in [0.05, 0.1) is 5.75 Å². The standard InChI is InChI=1S/C14H13N5OS/c1-9-2-4-10(5-3-9)13-19-18-11(20-13)8-21-14-12(15)16-6-7-17-14/h2-7H,8H2,1H3,(H2,15,16). The second kappa shape index (κ2) is 5.92. The number of anilines is 1. The second-order valence-electron chi connectivity index (χ2n) is 4.40. The highest BCUT2D eigenvalue weighted by Crippen LogP contribution is 2.25. The minimum absolute atomic E-state index is 0.403. The van der Waals surface area contributed by atoms with Crippen molar-refractivity contribution in [3.63, 3.8) is 0 Å². The summed E-state index contributed by atoms with van der Waals surface area (Å²) < 4.78 is 5.64. The molecule has 21 heavy (non-hydrogen) atoms. The smallest absolute Gasteiger partial charge is 0.247 e. The molecule has 0 saturated carbocycles. The van der Waals surface area contributed by atoms with Crippen LogP contribution >= 0.6 is 11.8 Å². The van der Waals surface area contributed by atoms with Crippen molar-refractivity contribution in [2.45, 2.75) is 17.7 Å². The van der Waals surface area contributed by atoms with E-state index in [1.165, 1.54) is 17.3 Å². The fourth-order valence-corrected chi connectivity index (χ4v) is 2.41. The van der Waals surface area contributed by atoms with Gasteiger partial charge in [-0.25, -0.2) is 9.97 Å². The number of thioether (sulfide) groups is 1. The average Bonchev–Trinajstić information content (AvgIpc) is 2.96. The van der Waals surface area contributed by atoms with E-state index in [1.807, 2.05) is 31.2 Å². The maximum atomic E-state index is 5.73. The van der Waals surface area contributed by atoms with Gasteiger partial charge in [0.2, 0.25) is 11.8 Å². The molecule has 0 amide bonds. The zero-order valence-corrected chi connectivity index (χ0v) is 12.2. The molecule has 2 aromatic heterocycles. The Labute approximate surface area is 125 Å². The van der Waals surface area contributed by atoms with Crippen LogP contribution in [0.25, 0.3) is 11.5 Å². The molecule has 0 fully saturated rings. The van der Waals surface area contributed by atoms with E-state index in [1.54, 1.807) is 12.4 Å². The Morgan fingerprint density at radius 1 is 1.10 bits per heavy atom. The largest absolute Gasteiger partial charge is 0.420 e. The first-order valence-electron chi connectivity index (χ1n) is 6.31. The van der Waals surface area contributed by atoms with Crippen molar-refractivity contribution in [3.05, 3.63) is 48.1 Å². The third kappa shape index (κ3) is 3.19. The molecule has 0 atom stereocenters. The van der Waals surface area contributed by atoms with Crippen molar-refractivity contribution in [2.75, 3.05) is 5.73 Å². The van der Waals surface area contributed by atoms with Crippen LogP contribution in [0.2, 0.25) is 0 Å². The van der Waals surface area contributed by atoms with Crippen LogP contribution in [-0.2, 0) is 5.75 Å². The quantitative estimate of drug-likeness (QED) is 0.740. The van der Waals surface area contributed by atoms with Crippen LogP contribution in [0.15, 0.2) is 46.1 Å². The van der Waals surface area contributed by atoms with E-state index in [0.29, 0.717) is 28.4 Å². The minimum atomic E-state index is 0.403. The normalized spacial score (nSPS) is 10.7. The van der Waals surface area contributed by atoms with Gasteiger partial charge in [0.25, 0.3) is 0 Å². The number of nitrogens with two attached hydrogens (primary N) is 1. The maximum Gasteiger partial charge on any atom is 0.247 e. The van der Waals surface area contributed by atoms with E-state index in [2.05, 4.69) is 20.2 Å². The zero-order chi connectivity index (χ0) is 14.7. The molecular weight excluding hydrogens is 286 g/mol. The fraction of sp³-hybridized carbons (Fsp3) is 0.143. The number of benzene rings is 1. The van der Waals surface area contributed by atoms with Gasteiger partial charge in [0.15, 0.2) is 5.82 Å². The second-order valence-corrected chi connectivity index (χ2v) is 5.37. The van der Waals surface area contributed by atoms with Gasteiger partial charge in [-0.3, -0.25) is 0 Å². The molecule has 6 nitrogen and oxygen atoms in total. The predicted molar refractivity (Wildman–Crippen MR) is 80.5 cm³/mol. The Bertz CT molecular complexity index is 741. The van der Waals surface area contributed by atoms with Crippen LogP contribution in [0.1, 0.15) is 11.5 Å². The van der Waals surface area contributed by atoms with E-state index >= 15 is 0 Å². The first-order valence-corrected chi connectivity index (χ1v) is 7.29. The Morgan fingerprint density at radius 3 is 2.62 bits per heavy atom. The number of nitrogen functional groups attached to an aromatic ring is 1. The van der Waals surface area contributed by atoms with Crippen molar-refractivity contribution in [1.29, 1.82) is 0 Å². The fourth-order valence-electron chi connectivity index (χ4n) is 1.70. The van der Waals surface area contributed by atoms with E-state index < -0.39 is 0 Å². The molecular formula is C14H13N5OS. The molecule has 7 heteroatoms. The highest BCUT2D eigenvalue weighted by atomic mass is 32.2. The zero-order valence-electron chi connectivity index (χ0n) is 11.4. The lowest BCUT2D eigenvalue weighted by Gasteiger charge is -1.99. The van der Waals surface area contributed by atoms with Crippen molar-refractivity contribution < 1.29 is 4.42 Å². The first kappa shape index (κ1) is 13.6. The van der Waals surface area contributed by atoms with Crippen molar-refractivity contribution in [2.24, 2.45) is 0 Å². The summed E-state index contributed by atoms with van der Waals surface area (Å²) in [7, 11) is 0. The van der Waals surface area contributed by atoms with Gasteiger partial charge in [-0.1, -0.05) is 29.5 Å². The number of hydrogen-bond acceptors (Lipinski definition) is 7. The van der Waals surface area contributed by atoms with E-state index in [0.717, 1.165) is 5.56 Å². The third-order valence-corrected chi connectivity index (χ3v) is 3.77. The first-order chi connectivity index (χ1) is 10.2. The summed E-state index contributed by atoms with van der Waals surface area (Å²) in [4.78, 5) is 8.13. The van der Waals surface area contributed by atoms with Gasteiger partial charge in [-0.2, -0.15) is 0 Å². The minimum Gasteiger partial charge on any atom is -0.420 e. The molecule has 0 radical (unpaired) electrons. The highest BCUT2D eigenvalue weighted by molar-refractivity contribution is 7.98. The van der Waals surface area contributed by atoms with E-state index in [-0.39, 0.29) is 0 Å². The molecule has 3 aromatic rings. The Balaban J connectivity index is 1.71. The van der Waals surface area contributed by atoms with E-state index in [9.17, 15) is 0 Å². The molecule has 0 bridgehead atoms. The van der Waals surface area contributed by atoms with Crippen LogP contribution in [0.4, 0.5) is 5.82 Å². The predicted octanol–water partition coefficient (Wildman–Crippen LogP) is 2.71. The van der Waals surface area contributed by atoms with Gasteiger partial charge in [0.1, 0.15) is 5.03 Å². The Kier molecular flexibility index (Phi) is 3.83. The number of aromatic nitrogens is 4. The number of nitrogens with zero attached hydrogens (tertiary/aromatic N) is 4. The molecule has 2 heterocycles. The van der Waals surface area contributed by atoms with Crippen LogP contribution in [-0.4, -0.2) is 20.2 Å².